The molecule has 1 N–H and O–H groups in total. The molecule has 3 nitrogen and oxygen atoms in total. The predicted octanol–water partition coefficient (Wildman–Crippen LogP) is 2.47. The molecule has 4 heteroatoms. The summed E-state index contributed by atoms with van der Waals surface area (Å²) in [5.41, 5.74) is 0. The molecule has 0 spiro atoms. The van der Waals surface area contributed by atoms with Crippen LogP contribution in [0.5, 0.6) is 0 Å². The van der Waals surface area contributed by atoms with Gasteiger partial charge in [0.1, 0.15) is 0 Å². The normalized spacial score (nSPS) is 22.2. The molecule has 0 radical (unpaired) electrons. The molecule has 100 valence electrons. The highest BCUT2D eigenvalue weighted by Crippen LogP contribution is 2.16. The molecule has 0 aromatic carbocycles. The molecule has 1 rings (SSSR count). The molecular weight excluding hydrogens is 232 g/mol. The Morgan fingerprint density at radius 1 is 1.53 bits per heavy atom. The van der Waals surface area contributed by atoms with E-state index in [0.717, 1.165) is 43.9 Å². The minimum Gasteiger partial charge on any atom is -0.326 e. The summed E-state index contributed by atoms with van der Waals surface area (Å²) in [5.74, 6) is 2.63. The molecule has 1 saturated heterocycles. The van der Waals surface area contributed by atoms with Crippen LogP contribution in [0.15, 0.2) is 0 Å². The first kappa shape index (κ1) is 14.8. The summed E-state index contributed by atoms with van der Waals surface area (Å²) >= 11 is 1.95. The van der Waals surface area contributed by atoms with Gasteiger partial charge in [0.05, 0.1) is 12.7 Å². The molecular formula is C13H26N2OS. The van der Waals surface area contributed by atoms with Gasteiger partial charge in [0, 0.05) is 6.04 Å². The van der Waals surface area contributed by atoms with Crippen LogP contribution in [0.2, 0.25) is 0 Å². The minimum atomic E-state index is 0.0798. The van der Waals surface area contributed by atoms with Crippen LogP contribution in [0.4, 0.5) is 0 Å². The van der Waals surface area contributed by atoms with Crippen molar-refractivity contribution in [2.45, 2.75) is 58.5 Å². The third-order valence-corrected chi connectivity index (χ3v) is 4.28. The molecule has 2 unspecified atom stereocenters. The van der Waals surface area contributed by atoms with Gasteiger partial charge in [-0.05, 0) is 31.3 Å². The minimum absolute atomic E-state index is 0.0798. The van der Waals surface area contributed by atoms with Crippen LogP contribution in [0.1, 0.15) is 46.5 Å². The van der Waals surface area contributed by atoms with Crippen LogP contribution in [0.25, 0.3) is 0 Å². The number of hydrogen-bond donors (Lipinski definition) is 1. The van der Waals surface area contributed by atoms with Crippen LogP contribution < -0.4 is 5.32 Å². The van der Waals surface area contributed by atoms with Gasteiger partial charge in [-0.2, -0.15) is 11.8 Å². The fourth-order valence-electron chi connectivity index (χ4n) is 2.13. The molecule has 0 aliphatic carbocycles. The zero-order chi connectivity index (χ0) is 12.7. The number of nitrogens with one attached hydrogen (secondary N) is 1. The molecule has 1 amide bonds. The highest BCUT2D eigenvalue weighted by Gasteiger charge is 2.32. The predicted molar refractivity (Wildman–Crippen MR) is 75.2 cm³/mol. The fourth-order valence-corrected chi connectivity index (χ4v) is 2.93. The van der Waals surface area contributed by atoms with Crippen molar-refractivity contribution in [3.05, 3.63) is 0 Å². The van der Waals surface area contributed by atoms with Crippen LogP contribution in [-0.4, -0.2) is 41.1 Å². The van der Waals surface area contributed by atoms with Gasteiger partial charge >= 0.3 is 0 Å². The Morgan fingerprint density at radius 2 is 2.29 bits per heavy atom. The smallest absolute Gasteiger partial charge is 0.241 e. The van der Waals surface area contributed by atoms with E-state index in [9.17, 15) is 4.79 Å². The summed E-state index contributed by atoms with van der Waals surface area (Å²) in [5, 5.41) is 3.33. The van der Waals surface area contributed by atoms with Crippen molar-refractivity contribution in [1.82, 2.24) is 10.2 Å². The fraction of sp³-hybridized carbons (Fsp3) is 0.923. The van der Waals surface area contributed by atoms with E-state index in [0.29, 0.717) is 11.9 Å². The number of amides is 1. The highest BCUT2D eigenvalue weighted by atomic mass is 32.2. The second-order valence-corrected chi connectivity index (χ2v) is 6.09. The van der Waals surface area contributed by atoms with Crippen molar-refractivity contribution in [1.29, 1.82) is 0 Å². The van der Waals surface area contributed by atoms with Gasteiger partial charge in [-0.15, -0.1) is 0 Å². The number of unbranched alkanes of at least 4 members (excludes halogenated alkanes) is 1. The van der Waals surface area contributed by atoms with Gasteiger partial charge in [-0.1, -0.05) is 26.7 Å². The summed E-state index contributed by atoms with van der Waals surface area (Å²) in [6, 6.07) is 0.455. The number of carbonyl (C=O) groups excluding carboxylic acids is 1. The van der Waals surface area contributed by atoms with E-state index in [2.05, 4.69) is 26.1 Å². The Hall–Kier alpha value is -0.220. The second-order valence-electron chi connectivity index (χ2n) is 4.70. The SMILES string of the molecule is CCCCC1NCN(C(C)CCSCC)C1=O. The van der Waals surface area contributed by atoms with Gasteiger partial charge in [-0.25, -0.2) is 0 Å². The summed E-state index contributed by atoms with van der Waals surface area (Å²) < 4.78 is 0. The molecule has 1 aliphatic heterocycles. The molecule has 1 fully saturated rings. The first-order chi connectivity index (χ1) is 8.20. The van der Waals surface area contributed by atoms with Gasteiger partial charge in [0.25, 0.3) is 0 Å². The molecule has 17 heavy (non-hydrogen) atoms. The maximum absolute atomic E-state index is 12.1. The lowest BCUT2D eigenvalue weighted by atomic mass is 10.1. The summed E-state index contributed by atoms with van der Waals surface area (Å²) in [6.45, 7) is 7.25. The molecule has 1 heterocycles. The standard InChI is InChI=1S/C13H26N2OS/c1-4-6-7-12-13(16)15(10-14-12)11(3)8-9-17-5-2/h11-12,14H,4-10H2,1-3H3. The maximum Gasteiger partial charge on any atom is 0.241 e. The molecule has 0 aromatic heterocycles. The molecule has 0 aromatic rings. The Labute approximate surface area is 110 Å². The lowest BCUT2D eigenvalue weighted by Gasteiger charge is -2.23. The number of thioether (sulfide) groups is 1. The molecule has 1 aliphatic rings. The summed E-state index contributed by atoms with van der Waals surface area (Å²) in [7, 11) is 0. The third kappa shape index (κ3) is 4.51. The third-order valence-electron chi connectivity index (χ3n) is 3.35. The van der Waals surface area contributed by atoms with Crippen LogP contribution >= 0.6 is 11.8 Å². The van der Waals surface area contributed by atoms with E-state index >= 15 is 0 Å². The topological polar surface area (TPSA) is 32.3 Å². The summed E-state index contributed by atoms with van der Waals surface area (Å²) in [6.07, 6.45) is 4.39. The van der Waals surface area contributed by atoms with Gasteiger partial charge < -0.3 is 4.90 Å². The summed E-state index contributed by atoms with van der Waals surface area (Å²) in [4.78, 5) is 14.2. The lowest BCUT2D eigenvalue weighted by molar-refractivity contribution is -0.130. The van der Waals surface area contributed by atoms with E-state index in [1.807, 2.05) is 16.7 Å². The molecule has 0 bridgehead atoms. The maximum atomic E-state index is 12.1. The van der Waals surface area contributed by atoms with E-state index in [4.69, 9.17) is 0 Å². The number of nitrogens with zero attached hydrogens (tertiary/aromatic N) is 1. The Balaban J connectivity index is 2.32. The van der Waals surface area contributed by atoms with E-state index in [1.165, 1.54) is 0 Å². The van der Waals surface area contributed by atoms with Crippen molar-refractivity contribution in [3.63, 3.8) is 0 Å². The average molecular weight is 258 g/mol. The monoisotopic (exact) mass is 258 g/mol. The highest BCUT2D eigenvalue weighted by molar-refractivity contribution is 7.99. The number of hydrogen-bond acceptors (Lipinski definition) is 3. The Bertz CT molecular complexity index is 235. The van der Waals surface area contributed by atoms with Crippen molar-refractivity contribution < 1.29 is 4.79 Å². The quantitative estimate of drug-likeness (QED) is 0.679. The molecule has 2 atom stereocenters. The van der Waals surface area contributed by atoms with Crippen molar-refractivity contribution >= 4 is 17.7 Å². The van der Waals surface area contributed by atoms with Crippen molar-refractivity contribution in [2.24, 2.45) is 0 Å². The van der Waals surface area contributed by atoms with Crippen molar-refractivity contribution in [3.8, 4) is 0 Å². The average Bonchev–Trinajstić information content (AvgIpc) is 2.68. The Morgan fingerprint density at radius 3 is 2.94 bits per heavy atom. The molecule has 0 saturated carbocycles. The number of rotatable bonds is 8. The van der Waals surface area contributed by atoms with E-state index in [1.54, 1.807) is 0 Å². The van der Waals surface area contributed by atoms with Crippen LogP contribution in [0.3, 0.4) is 0 Å². The second kappa shape index (κ2) is 7.98. The first-order valence-electron chi connectivity index (χ1n) is 6.82. The lowest BCUT2D eigenvalue weighted by Crippen LogP contribution is -2.37. The zero-order valence-corrected chi connectivity index (χ0v) is 12.2. The zero-order valence-electron chi connectivity index (χ0n) is 11.4. The van der Waals surface area contributed by atoms with Crippen molar-refractivity contribution in [2.75, 3.05) is 18.2 Å². The number of carbonyl (C=O) groups is 1. The largest absolute Gasteiger partial charge is 0.326 e. The van der Waals surface area contributed by atoms with E-state index < -0.39 is 0 Å². The Kier molecular flexibility index (Phi) is 6.97. The van der Waals surface area contributed by atoms with E-state index in [-0.39, 0.29) is 6.04 Å². The van der Waals surface area contributed by atoms with Gasteiger partial charge in [-0.3, -0.25) is 10.1 Å². The van der Waals surface area contributed by atoms with Crippen LogP contribution in [0, 0.1) is 0 Å². The van der Waals surface area contributed by atoms with Gasteiger partial charge in [0.2, 0.25) is 5.91 Å². The van der Waals surface area contributed by atoms with Crippen LogP contribution in [-0.2, 0) is 4.79 Å². The first-order valence-corrected chi connectivity index (χ1v) is 7.97. The van der Waals surface area contributed by atoms with Gasteiger partial charge in [0.15, 0.2) is 0 Å².